The zero-order chi connectivity index (χ0) is 19.5. The molecule has 0 aliphatic carbocycles. The molecule has 28 heavy (non-hydrogen) atoms. The fourth-order valence-electron chi connectivity index (χ4n) is 6.17. The average molecular weight is 385 g/mol. The Labute approximate surface area is 170 Å². The summed E-state index contributed by atoms with van der Waals surface area (Å²) in [6.07, 6.45) is 9.49. The van der Waals surface area contributed by atoms with E-state index in [2.05, 4.69) is 28.9 Å². The molecule has 4 rings (SSSR count). The molecule has 4 heteroatoms. The number of nitrogens with zero attached hydrogens (tertiary/aromatic N) is 2. The summed E-state index contributed by atoms with van der Waals surface area (Å²) in [5.41, 5.74) is 1.96. The van der Waals surface area contributed by atoms with Gasteiger partial charge < -0.3 is 4.74 Å². The molecular weight excluding hydrogens is 348 g/mol. The molecule has 3 aliphatic heterocycles. The van der Waals surface area contributed by atoms with Crippen molar-refractivity contribution in [2.45, 2.75) is 70.5 Å². The van der Waals surface area contributed by atoms with Gasteiger partial charge in [0.15, 0.2) is 0 Å². The molecule has 0 amide bonds. The number of esters is 1. The summed E-state index contributed by atoms with van der Waals surface area (Å²) in [7, 11) is 1.44. The standard InChI is InChI=1S/C24H36N2O2/c1-3-4-9-22-21-8-6-15-25-14-5-7-20(23(21)25)17-26(22)16-18-10-12-19(13-11-18)24(27)28-2/h10-13,20-23H,3-9,14-17H2,1-2H3/t20-,21+,22+,23-/m0/s1. The summed E-state index contributed by atoms with van der Waals surface area (Å²) in [5, 5.41) is 0. The number of ether oxygens (including phenoxy) is 1. The first-order chi connectivity index (χ1) is 13.7. The summed E-state index contributed by atoms with van der Waals surface area (Å²) in [5.74, 6) is 1.43. The van der Waals surface area contributed by atoms with Crippen molar-refractivity contribution in [3.05, 3.63) is 35.4 Å². The maximum atomic E-state index is 11.7. The van der Waals surface area contributed by atoms with E-state index in [0.717, 1.165) is 24.4 Å². The molecule has 3 heterocycles. The Morgan fingerprint density at radius 2 is 1.89 bits per heavy atom. The lowest BCUT2D eigenvalue weighted by Crippen LogP contribution is -2.64. The Kier molecular flexibility index (Phi) is 6.37. The van der Waals surface area contributed by atoms with E-state index in [4.69, 9.17) is 4.74 Å². The minimum Gasteiger partial charge on any atom is -0.465 e. The first kappa shape index (κ1) is 19.9. The zero-order valence-electron chi connectivity index (χ0n) is 17.6. The smallest absolute Gasteiger partial charge is 0.337 e. The quantitative estimate of drug-likeness (QED) is 0.683. The van der Waals surface area contributed by atoms with Gasteiger partial charge >= 0.3 is 5.97 Å². The number of methoxy groups -OCH3 is 1. The molecule has 0 spiro atoms. The van der Waals surface area contributed by atoms with Crippen LogP contribution in [0.25, 0.3) is 0 Å². The number of unbranched alkanes of at least 4 members (excludes halogenated alkanes) is 1. The molecular formula is C24H36N2O2. The van der Waals surface area contributed by atoms with Gasteiger partial charge in [0.05, 0.1) is 12.7 Å². The largest absolute Gasteiger partial charge is 0.465 e. The van der Waals surface area contributed by atoms with Gasteiger partial charge in [-0.2, -0.15) is 0 Å². The van der Waals surface area contributed by atoms with Gasteiger partial charge in [0.1, 0.15) is 0 Å². The van der Waals surface area contributed by atoms with Crippen LogP contribution < -0.4 is 0 Å². The van der Waals surface area contributed by atoms with E-state index in [1.807, 2.05) is 12.1 Å². The van der Waals surface area contributed by atoms with Gasteiger partial charge in [-0.25, -0.2) is 4.79 Å². The third kappa shape index (κ3) is 3.99. The fourth-order valence-corrected chi connectivity index (χ4v) is 6.17. The third-order valence-corrected chi connectivity index (χ3v) is 7.39. The van der Waals surface area contributed by atoms with Crippen LogP contribution in [0.1, 0.15) is 67.8 Å². The van der Waals surface area contributed by atoms with E-state index < -0.39 is 0 Å². The lowest BCUT2D eigenvalue weighted by atomic mass is 9.69. The maximum absolute atomic E-state index is 11.7. The van der Waals surface area contributed by atoms with Crippen molar-refractivity contribution >= 4 is 5.97 Å². The van der Waals surface area contributed by atoms with Crippen LogP contribution in [0.4, 0.5) is 0 Å². The van der Waals surface area contributed by atoms with Crippen molar-refractivity contribution in [3.63, 3.8) is 0 Å². The summed E-state index contributed by atoms with van der Waals surface area (Å²) in [6.45, 7) is 7.22. The summed E-state index contributed by atoms with van der Waals surface area (Å²) in [4.78, 5) is 17.4. The lowest BCUT2D eigenvalue weighted by molar-refractivity contribution is -0.0810. The van der Waals surface area contributed by atoms with E-state index >= 15 is 0 Å². The average Bonchev–Trinajstić information content (AvgIpc) is 2.74. The first-order valence-corrected chi connectivity index (χ1v) is 11.4. The maximum Gasteiger partial charge on any atom is 0.337 e. The summed E-state index contributed by atoms with van der Waals surface area (Å²) >= 11 is 0. The second kappa shape index (κ2) is 8.96. The third-order valence-electron chi connectivity index (χ3n) is 7.39. The normalized spacial score (nSPS) is 30.6. The predicted octanol–water partition coefficient (Wildman–Crippen LogP) is 4.34. The fraction of sp³-hybridized carbons (Fsp3) is 0.708. The van der Waals surface area contributed by atoms with Crippen LogP contribution in [0.15, 0.2) is 24.3 Å². The number of rotatable bonds is 6. The van der Waals surface area contributed by atoms with Gasteiger partial charge in [-0.1, -0.05) is 31.9 Å². The summed E-state index contributed by atoms with van der Waals surface area (Å²) < 4.78 is 4.84. The molecule has 0 saturated carbocycles. The van der Waals surface area contributed by atoms with E-state index in [0.29, 0.717) is 11.6 Å². The molecule has 0 bridgehead atoms. The number of hydrogen-bond acceptors (Lipinski definition) is 4. The number of benzene rings is 1. The van der Waals surface area contributed by atoms with Crippen LogP contribution in [-0.2, 0) is 11.3 Å². The molecule has 0 unspecified atom stereocenters. The van der Waals surface area contributed by atoms with Gasteiger partial charge in [-0.05, 0) is 74.7 Å². The molecule has 4 nitrogen and oxygen atoms in total. The van der Waals surface area contributed by atoms with E-state index in [1.54, 1.807) is 0 Å². The number of carbonyl (C=O) groups is 1. The Morgan fingerprint density at radius 3 is 2.61 bits per heavy atom. The SMILES string of the molecule is CCCC[C@@H]1[C@H]2CCCN3CCC[C@@H](CN1Cc1ccc(C(=O)OC)cc1)[C@@H]23. The lowest BCUT2D eigenvalue weighted by Gasteiger charge is -2.57. The van der Waals surface area contributed by atoms with Crippen LogP contribution in [0.2, 0.25) is 0 Å². The molecule has 0 radical (unpaired) electrons. The Balaban J connectivity index is 1.53. The van der Waals surface area contributed by atoms with Crippen molar-refractivity contribution in [2.75, 3.05) is 26.7 Å². The van der Waals surface area contributed by atoms with Crippen molar-refractivity contribution in [3.8, 4) is 0 Å². The Morgan fingerprint density at radius 1 is 1.14 bits per heavy atom. The molecule has 0 N–H and O–H groups in total. The highest BCUT2D eigenvalue weighted by molar-refractivity contribution is 5.89. The van der Waals surface area contributed by atoms with E-state index in [9.17, 15) is 4.79 Å². The van der Waals surface area contributed by atoms with Gasteiger partial charge in [0.2, 0.25) is 0 Å². The number of likely N-dealkylation sites (tertiary alicyclic amines) is 1. The molecule has 3 aliphatic rings. The second-order valence-corrected chi connectivity index (χ2v) is 9.06. The highest BCUT2D eigenvalue weighted by Gasteiger charge is 2.47. The van der Waals surface area contributed by atoms with Crippen molar-refractivity contribution in [2.24, 2.45) is 11.8 Å². The van der Waals surface area contributed by atoms with Crippen LogP contribution >= 0.6 is 0 Å². The predicted molar refractivity (Wildman–Crippen MR) is 112 cm³/mol. The second-order valence-electron chi connectivity index (χ2n) is 9.06. The van der Waals surface area contributed by atoms with Crippen LogP contribution in [0, 0.1) is 11.8 Å². The molecule has 0 aromatic heterocycles. The molecule has 1 aromatic carbocycles. The zero-order valence-corrected chi connectivity index (χ0v) is 17.6. The van der Waals surface area contributed by atoms with Crippen LogP contribution in [-0.4, -0.2) is 54.6 Å². The molecule has 154 valence electrons. The highest BCUT2D eigenvalue weighted by atomic mass is 16.5. The topological polar surface area (TPSA) is 32.8 Å². The minimum atomic E-state index is -0.252. The number of hydrogen-bond donors (Lipinski definition) is 0. The number of piperidine rings is 3. The van der Waals surface area contributed by atoms with E-state index in [1.165, 1.54) is 77.3 Å². The van der Waals surface area contributed by atoms with Crippen molar-refractivity contribution < 1.29 is 9.53 Å². The number of carbonyl (C=O) groups excluding carboxylic acids is 1. The van der Waals surface area contributed by atoms with Crippen LogP contribution in [0.3, 0.4) is 0 Å². The van der Waals surface area contributed by atoms with Crippen molar-refractivity contribution in [1.82, 2.24) is 9.80 Å². The Bertz CT molecular complexity index is 657. The molecule has 4 atom stereocenters. The van der Waals surface area contributed by atoms with Crippen molar-refractivity contribution in [1.29, 1.82) is 0 Å². The molecule has 3 saturated heterocycles. The monoisotopic (exact) mass is 384 g/mol. The van der Waals surface area contributed by atoms with E-state index in [-0.39, 0.29) is 5.97 Å². The van der Waals surface area contributed by atoms with Gasteiger partial charge in [-0.15, -0.1) is 0 Å². The van der Waals surface area contributed by atoms with Crippen LogP contribution in [0.5, 0.6) is 0 Å². The highest BCUT2D eigenvalue weighted by Crippen LogP contribution is 2.43. The van der Waals surface area contributed by atoms with Gasteiger partial charge in [-0.3, -0.25) is 9.80 Å². The summed E-state index contributed by atoms with van der Waals surface area (Å²) in [6, 6.07) is 9.60. The molecule has 3 fully saturated rings. The first-order valence-electron chi connectivity index (χ1n) is 11.4. The minimum absolute atomic E-state index is 0.252. The molecule has 1 aromatic rings. The van der Waals surface area contributed by atoms with Gasteiger partial charge in [0, 0.05) is 25.2 Å². The Hall–Kier alpha value is -1.39. The van der Waals surface area contributed by atoms with Gasteiger partial charge in [0.25, 0.3) is 0 Å².